The van der Waals surface area contributed by atoms with Gasteiger partial charge < -0.3 is 14.1 Å². The van der Waals surface area contributed by atoms with E-state index in [1.807, 2.05) is 24.3 Å². The van der Waals surface area contributed by atoms with Crippen molar-refractivity contribution in [3.05, 3.63) is 73.8 Å². The third-order valence-corrected chi connectivity index (χ3v) is 7.11. The van der Waals surface area contributed by atoms with Gasteiger partial charge in [-0.05, 0) is 36.1 Å². The fraction of sp³-hybridized carbons (Fsp3) is 0.286. The van der Waals surface area contributed by atoms with E-state index in [0.29, 0.717) is 26.7 Å². The molecule has 198 valence electrons. The SMILES string of the molecule is Cc1nc(NC(=O)COc2c(-c3ccc(C(C)(C)C)cc3)oc3ccc(Cl)cc3c2=O)sc1C(=O)N(C)C. The Kier molecular flexibility index (Phi) is 7.62. The molecule has 0 fully saturated rings. The molecule has 0 saturated heterocycles. The summed E-state index contributed by atoms with van der Waals surface area (Å²) in [5.41, 5.74) is 2.11. The first-order chi connectivity index (χ1) is 17.8. The number of nitrogens with one attached hydrogen (secondary N) is 1. The van der Waals surface area contributed by atoms with Crippen molar-refractivity contribution in [3.63, 3.8) is 0 Å². The lowest BCUT2D eigenvalue weighted by Crippen LogP contribution is -2.22. The van der Waals surface area contributed by atoms with Gasteiger partial charge in [-0.3, -0.25) is 19.7 Å². The summed E-state index contributed by atoms with van der Waals surface area (Å²) >= 11 is 7.19. The summed E-state index contributed by atoms with van der Waals surface area (Å²) in [5, 5.41) is 3.51. The molecule has 38 heavy (non-hydrogen) atoms. The number of carbonyl (C=O) groups excluding carboxylic acids is 2. The van der Waals surface area contributed by atoms with Crippen LogP contribution in [-0.2, 0) is 10.2 Å². The predicted octanol–water partition coefficient (Wildman–Crippen LogP) is 5.90. The fourth-order valence-electron chi connectivity index (χ4n) is 3.74. The summed E-state index contributed by atoms with van der Waals surface area (Å²) in [6.45, 7) is 7.55. The maximum Gasteiger partial charge on any atom is 0.265 e. The highest BCUT2D eigenvalue weighted by Crippen LogP contribution is 2.33. The molecule has 0 bridgehead atoms. The molecule has 0 aliphatic carbocycles. The topological polar surface area (TPSA) is 102 Å². The fourth-order valence-corrected chi connectivity index (χ4v) is 4.91. The normalized spacial score (nSPS) is 11.4. The number of thiazole rings is 1. The Morgan fingerprint density at radius 1 is 1.13 bits per heavy atom. The van der Waals surface area contributed by atoms with Crippen molar-refractivity contribution in [3.8, 4) is 17.1 Å². The van der Waals surface area contributed by atoms with Crippen molar-refractivity contribution in [2.24, 2.45) is 0 Å². The zero-order valence-electron chi connectivity index (χ0n) is 22.0. The zero-order chi connectivity index (χ0) is 27.8. The van der Waals surface area contributed by atoms with Gasteiger partial charge in [0.2, 0.25) is 11.2 Å². The number of aryl methyl sites for hydroxylation is 1. The molecular formula is C28H28ClN3O5S. The van der Waals surface area contributed by atoms with E-state index in [2.05, 4.69) is 31.1 Å². The summed E-state index contributed by atoms with van der Waals surface area (Å²) in [6.07, 6.45) is 0. The number of amides is 2. The predicted molar refractivity (Wildman–Crippen MR) is 151 cm³/mol. The number of anilines is 1. The van der Waals surface area contributed by atoms with Crippen LogP contribution in [0, 0.1) is 6.92 Å². The molecule has 10 heteroatoms. The molecule has 1 N–H and O–H groups in total. The van der Waals surface area contributed by atoms with Gasteiger partial charge in [0.05, 0.1) is 11.1 Å². The van der Waals surface area contributed by atoms with Crippen LogP contribution in [-0.4, -0.2) is 42.4 Å². The number of benzene rings is 2. The van der Waals surface area contributed by atoms with Crippen molar-refractivity contribution in [2.45, 2.75) is 33.1 Å². The van der Waals surface area contributed by atoms with Crippen LogP contribution in [0.25, 0.3) is 22.3 Å². The molecule has 0 spiro atoms. The van der Waals surface area contributed by atoms with Gasteiger partial charge in [-0.15, -0.1) is 0 Å². The highest BCUT2D eigenvalue weighted by Gasteiger charge is 2.22. The average molecular weight is 554 g/mol. The number of hydrogen-bond donors (Lipinski definition) is 1. The number of hydrogen-bond acceptors (Lipinski definition) is 7. The molecule has 4 rings (SSSR count). The molecule has 2 aromatic carbocycles. The smallest absolute Gasteiger partial charge is 0.265 e. The zero-order valence-corrected chi connectivity index (χ0v) is 23.5. The third kappa shape index (κ3) is 5.74. The van der Waals surface area contributed by atoms with Crippen LogP contribution >= 0.6 is 22.9 Å². The highest BCUT2D eigenvalue weighted by molar-refractivity contribution is 7.17. The summed E-state index contributed by atoms with van der Waals surface area (Å²) in [4.78, 5) is 44.6. The lowest BCUT2D eigenvalue weighted by Gasteiger charge is -2.19. The number of ether oxygens (including phenoxy) is 1. The third-order valence-electron chi connectivity index (χ3n) is 5.81. The minimum atomic E-state index is -0.540. The van der Waals surface area contributed by atoms with Gasteiger partial charge in [0.25, 0.3) is 11.8 Å². The van der Waals surface area contributed by atoms with Crippen molar-refractivity contribution in [2.75, 3.05) is 26.0 Å². The molecule has 0 radical (unpaired) electrons. The monoisotopic (exact) mass is 553 g/mol. The van der Waals surface area contributed by atoms with E-state index in [1.54, 1.807) is 33.2 Å². The molecule has 2 heterocycles. The van der Waals surface area contributed by atoms with E-state index in [4.69, 9.17) is 20.8 Å². The van der Waals surface area contributed by atoms with Crippen molar-refractivity contribution >= 4 is 50.9 Å². The number of carbonyl (C=O) groups is 2. The van der Waals surface area contributed by atoms with E-state index >= 15 is 0 Å². The van der Waals surface area contributed by atoms with Crippen LogP contribution in [0.5, 0.6) is 5.75 Å². The van der Waals surface area contributed by atoms with E-state index in [9.17, 15) is 14.4 Å². The maximum absolute atomic E-state index is 13.4. The first kappa shape index (κ1) is 27.3. The van der Waals surface area contributed by atoms with Crippen molar-refractivity contribution in [1.29, 1.82) is 0 Å². The highest BCUT2D eigenvalue weighted by atomic mass is 35.5. The molecule has 0 aliphatic rings. The molecule has 8 nitrogen and oxygen atoms in total. The Bertz CT molecular complexity index is 1580. The molecule has 4 aromatic rings. The van der Waals surface area contributed by atoms with Gasteiger partial charge >= 0.3 is 0 Å². The van der Waals surface area contributed by atoms with Gasteiger partial charge in [-0.25, -0.2) is 4.98 Å². The second-order valence-electron chi connectivity index (χ2n) is 10.0. The van der Waals surface area contributed by atoms with Gasteiger partial charge in [-0.1, -0.05) is 68.0 Å². The van der Waals surface area contributed by atoms with Crippen LogP contribution < -0.4 is 15.5 Å². The van der Waals surface area contributed by atoms with E-state index in [0.717, 1.165) is 16.9 Å². The second-order valence-corrected chi connectivity index (χ2v) is 11.5. The van der Waals surface area contributed by atoms with Crippen molar-refractivity contribution in [1.82, 2.24) is 9.88 Å². The number of rotatable bonds is 6. The summed E-state index contributed by atoms with van der Waals surface area (Å²) in [7, 11) is 3.29. The number of fused-ring (bicyclic) bond motifs is 1. The standard InChI is InChI=1S/C28H28ClN3O5S/c1-15-25(26(35)32(5)6)38-27(30-15)31-21(33)14-36-24-22(34)19-13-18(29)11-12-20(19)37-23(24)16-7-9-17(10-8-16)28(2,3)4/h7-13H,14H2,1-6H3,(H,30,31,33). The van der Waals surface area contributed by atoms with E-state index < -0.39 is 17.9 Å². The molecule has 0 unspecified atom stereocenters. The lowest BCUT2D eigenvalue weighted by atomic mass is 9.86. The first-order valence-corrected chi connectivity index (χ1v) is 13.0. The van der Waals surface area contributed by atoms with Crippen LogP contribution in [0.4, 0.5) is 5.13 Å². The van der Waals surface area contributed by atoms with Crippen LogP contribution in [0.15, 0.2) is 51.7 Å². The Morgan fingerprint density at radius 2 is 1.82 bits per heavy atom. The summed E-state index contributed by atoms with van der Waals surface area (Å²) in [6, 6.07) is 12.4. The largest absolute Gasteiger partial charge is 0.476 e. The number of nitrogens with zero attached hydrogens (tertiary/aromatic N) is 2. The molecule has 0 aliphatic heterocycles. The van der Waals surface area contributed by atoms with Crippen molar-refractivity contribution < 1.29 is 18.7 Å². The van der Waals surface area contributed by atoms with Gasteiger partial charge in [0.1, 0.15) is 10.5 Å². The Labute approximate surface area is 229 Å². The Morgan fingerprint density at radius 3 is 2.45 bits per heavy atom. The van der Waals surface area contributed by atoms with Crippen LogP contribution in [0.1, 0.15) is 41.7 Å². The minimum absolute atomic E-state index is 0.0534. The molecular weight excluding hydrogens is 526 g/mol. The van der Waals surface area contributed by atoms with Gasteiger partial charge in [-0.2, -0.15) is 0 Å². The molecule has 0 saturated carbocycles. The number of aromatic nitrogens is 1. The molecule has 2 amide bonds. The maximum atomic E-state index is 13.4. The lowest BCUT2D eigenvalue weighted by molar-refractivity contribution is -0.118. The Hall–Kier alpha value is -3.69. The summed E-state index contributed by atoms with van der Waals surface area (Å²) < 4.78 is 11.9. The first-order valence-electron chi connectivity index (χ1n) is 11.8. The van der Waals surface area contributed by atoms with Gasteiger partial charge in [0.15, 0.2) is 17.5 Å². The average Bonchev–Trinajstić information content (AvgIpc) is 3.22. The van der Waals surface area contributed by atoms with Crippen LogP contribution in [0.3, 0.4) is 0 Å². The molecule has 0 atom stereocenters. The second kappa shape index (κ2) is 10.6. The van der Waals surface area contributed by atoms with E-state index in [1.165, 1.54) is 11.0 Å². The number of halogens is 1. The van der Waals surface area contributed by atoms with Gasteiger partial charge in [0, 0.05) is 24.7 Å². The molecule has 2 aromatic heterocycles. The Balaban J connectivity index is 1.65. The van der Waals surface area contributed by atoms with Crippen LogP contribution in [0.2, 0.25) is 5.02 Å². The summed E-state index contributed by atoms with van der Waals surface area (Å²) in [5.74, 6) is -0.632. The quantitative estimate of drug-likeness (QED) is 0.319. The van der Waals surface area contributed by atoms with E-state index in [-0.39, 0.29) is 33.3 Å². The minimum Gasteiger partial charge on any atom is -0.476 e.